The summed E-state index contributed by atoms with van der Waals surface area (Å²) >= 11 is 6.17. The molecule has 0 N–H and O–H groups in total. The highest BCUT2D eigenvalue weighted by Crippen LogP contribution is 2.22. The third-order valence-electron chi connectivity index (χ3n) is 4.82. The highest BCUT2D eigenvalue weighted by Gasteiger charge is 2.27. The predicted molar refractivity (Wildman–Crippen MR) is 94.8 cm³/mol. The van der Waals surface area contributed by atoms with Crippen LogP contribution in [0.3, 0.4) is 0 Å². The molecule has 8 nitrogen and oxygen atoms in total. The van der Waals surface area contributed by atoms with E-state index in [1.54, 1.807) is 0 Å². The Labute approximate surface area is 149 Å². The topological polar surface area (TPSA) is 82.1 Å². The molecule has 2 aromatic heterocycles. The molecule has 3 rings (SSSR count). The van der Waals surface area contributed by atoms with Crippen LogP contribution in [0.4, 0.5) is 0 Å². The van der Waals surface area contributed by atoms with Crippen molar-refractivity contribution >= 4 is 28.7 Å². The Morgan fingerprint density at radius 2 is 1.76 bits per heavy atom. The number of nitrogens with zero attached hydrogens (tertiary/aromatic N) is 5. The number of imidazole rings is 1. The van der Waals surface area contributed by atoms with Gasteiger partial charge in [0.2, 0.25) is 11.2 Å². The average molecular weight is 368 g/mol. The maximum Gasteiger partial charge on any atom is 0.332 e. The minimum Gasteiger partial charge on any atom is -0.341 e. The summed E-state index contributed by atoms with van der Waals surface area (Å²) in [6.45, 7) is 5.58. The first kappa shape index (κ1) is 17.7. The second-order valence-corrected chi connectivity index (χ2v) is 7.43. The molecule has 0 radical (unpaired) electrons. The lowest BCUT2D eigenvalue weighted by molar-refractivity contribution is -0.134. The fourth-order valence-electron chi connectivity index (χ4n) is 3.67. The van der Waals surface area contributed by atoms with E-state index >= 15 is 0 Å². The average Bonchev–Trinajstić information content (AvgIpc) is 2.87. The highest BCUT2D eigenvalue weighted by molar-refractivity contribution is 6.29. The molecule has 2 atom stereocenters. The second kappa shape index (κ2) is 6.33. The predicted octanol–water partition coefficient (Wildman–Crippen LogP) is 0.592. The molecule has 25 heavy (non-hydrogen) atoms. The van der Waals surface area contributed by atoms with E-state index in [0.717, 1.165) is 11.0 Å². The molecule has 0 aliphatic carbocycles. The molecule has 3 heterocycles. The van der Waals surface area contributed by atoms with Gasteiger partial charge in [-0.05, 0) is 29.9 Å². The van der Waals surface area contributed by atoms with Gasteiger partial charge in [-0.1, -0.05) is 13.8 Å². The van der Waals surface area contributed by atoms with Crippen molar-refractivity contribution in [1.29, 1.82) is 0 Å². The number of hydrogen-bond donors (Lipinski definition) is 0. The third kappa shape index (κ3) is 2.99. The van der Waals surface area contributed by atoms with Gasteiger partial charge < -0.3 is 4.90 Å². The number of carbonyl (C=O) groups excluding carboxylic acids is 1. The number of amides is 1. The zero-order chi connectivity index (χ0) is 18.5. The summed E-state index contributed by atoms with van der Waals surface area (Å²) in [6, 6.07) is 0. The van der Waals surface area contributed by atoms with Crippen molar-refractivity contribution in [2.75, 3.05) is 13.1 Å². The molecule has 1 saturated heterocycles. The molecule has 0 saturated carbocycles. The van der Waals surface area contributed by atoms with Gasteiger partial charge in [0.15, 0.2) is 11.2 Å². The Balaban J connectivity index is 2.02. The van der Waals surface area contributed by atoms with Gasteiger partial charge in [-0.25, -0.2) is 4.79 Å². The lowest BCUT2D eigenvalue weighted by Crippen LogP contribution is -2.44. The standard InChI is InChI=1S/C16H22ClN5O3/c1-9-5-10(2)7-21(6-9)11(23)8-22-12-13(18-15(22)17)19(3)16(25)20(4)14(12)24/h9-10H,5-8H2,1-4H3/t9-,10-/m0/s1. The fraction of sp³-hybridized carbons (Fsp3) is 0.625. The van der Waals surface area contributed by atoms with Gasteiger partial charge in [-0.3, -0.25) is 23.3 Å². The van der Waals surface area contributed by atoms with Gasteiger partial charge in [-0.2, -0.15) is 4.98 Å². The summed E-state index contributed by atoms with van der Waals surface area (Å²) in [5, 5.41) is 0.0276. The minimum absolute atomic E-state index is 0.0276. The van der Waals surface area contributed by atoms with Crippen molar-refractivity contribution in [3.8, 4) is 0 Å². The van der Waals surface area contributed by atoms with E-state index in [2.05, 4.69) is 18.8 Å². The summed E-state index contributed by atoms with van der Waals surface area (Å²) < 4.78 is 3.64. The van der Waals surface area contributed by atoms with Crippen molar-refractivity contribution in [3.63, 3.8) is 0 Å². The quantitative estimate of drug-likeness (QED) is 0.727. The zero-order valence-corrected chi connectivity index (χ0v) is 15.6. The summed E-state index contributed by atoms with van der Waals surface area (Å²) in [4.78, 5) is 43.2. The second-order valence-electron chi connectivity index (χ2n) is 7.09. The van der Waals surface area contributed by atoms with E-state index in [9.17, 15) is 14.4 Å². The molecular formula is C16H22ClN5O3. The van der Waals surface area contributed by atoms with Crippen LogP contribution < -0.4 is 11.2 Å². The molecule has 136 valence electrons. The van der Waals surface area contributed by atoms with Crippen LogP contribution in [-0.2, 0) is 25.4 Å². The Bertz CT molecular complexity index is 947. The number of fused-ring (bicyclic) bond motifs is 1. The van der Waals surface area contributed by atoms with Crippen LogP contribution in [0.5, 0.6) is 0 Å². The Kier molecular flexibility index (Phi) is 4.49. The molecule has 1 aliphatic rings. The molecule has 9 heteroatoms. The van der Waals surface area contributed by atoms with Gasteiger partial charge in [0.05, 0.1) is 0 Å². The van der Waals surface area contributed by atoms with E-state index < -0.39 is 11.2 Å². The Morgan fingerprint density at radius 3 is 2.36 bits per heavy atom. The normalized spacial score (nSPS) is 21.1. The molecule has 0 unspecified atom stereocenters. The highest BCUT2D eigenvalue weighted by atomic mass is 35.5. The zero-order valence-electron chi connectivity index (χ0n) is 14.8. The lowest BCUT2D eigenvalue weighted by atomic mass is 9.92. The van der Waals surface area contributed by atoms with E-state index in [-0.39, 0.29) is 28.9 Å². The number of carbonyl (C=O) groups is 1. The van der Waals surface area contributed by atoms with Gasteiger partial charge in [-0.15, -0.1) is 0 Å². The van der Waals surface area contributed by atoms with Gasteiger partial charge in [0.1, 0.15) is 6.54 Å². The number of aromatic nitrogens is 4. The summed E-state index contributed by atoms with van der Waals surface area (Å²) in [5.41, 5.74) is -0.637. The first-order valence-electron chi connectivity index (χ1n) is 8.30. The van der Waals surface area contributed by atoms with Crippen LogP contribution >= 0.6 is 11.6 Å². The number of hydrogen-bond acceptors (Lipinski definition) is 4. The smallest absolute Gasteiger partial charge is 0.332 e. The van der Waals surface area contributed by atoms with Crippen LogP contribution in [0.25, 0.3) is 11.2 Å². The largest absolute Gasteiger partial charge is 0.341 e. The first-order valence-corrected chi connectivity index (χ1v) is 8.68. The first-order chi connectivity index (χ1) is 11.7. The Morgan fingerprint density at radius 1 is 1.16 bits per heavy atom. The van der Waals surface area contributed by atoms with Crippen LogP contribution in [0.1, 0.15) is 20.3 Å². The number of aryl methyl sites for hydroxylation is 1. The molecule has 0 bridgehead atoms. The molecule has 2 aromatic rings. The Hall–Kier alpha value is -2.09. The van der Waals surface area contributed by atoms with Crippen molar-refractivity contribution in [2.45, 2.75) is 26.8 Å². The molecule has 1 amide bonds. The monoisotopic (exact) mass is 367 g/mol. The number of likely N-dealkylation sites (tertiary alicyclic amines) is 1. The maximum absolute atomic E-state index is 12.7. The van der Waals surface area contributed by atoms with Crippen LogP contribution in [-0.4, -0.2) is 42.6 Å². The van der Waals surface area contributed by atoms with Gasteiger partial charge >= 0.3 is 5.69 Å². The van der Waals surface area contributed by atoms with Crippen LogP contribution in [0.15, 0.2) is 9.59 Å². The third-order valence-corrected chi connectivity index (χ3v) is 5.10. The summed E-state index contributed by atoms with van der Waals surface area (Å²) in [7, 11) is 2.92. The van der Waals surface area contributed by atoms with Crippen LogP contribution in [0.2, 0.25) is 5.28 Å². The van der Waals surface area contributed by atoms with Crippen molar-refractivity contribution in [3.05, 3.63) is 26.1 Å². The molecule has 0 spiro atoms. The number of rotatable bonds is 2. The van der Waals surface area contributed by atoms with Gasteiger partial charge in [0, 0.05) is 27.2 Å². The van der Waals surface area contributed by atoms with E-state index in [0.29, 0.717) is 24.9 Å². The number of piperidine rings is 1. The molecule has 1 fully saturated rings. The fourth-order valence-corrected chi connectivity index (χ4v) is 3.89. The van der Waals surface area contributed by atoms with Crippen molar-refractivity contribution in [1.82, 2.24) is 23.6 Å². The van der Waals surface area contributed by atoms with E-state index in [1.807, 2.05) is 4.90 Å². The molecular weight excluding hydrogens is 346 g/mol. The SMILES string of the molecule is C[C@H]1C[C@H](C)CN(C(=O)Cn2c(Cl)nc3c2c(=O)n(C)c(=O)n3C)C1. The van der Waals surface area contributed by atoms with E-state index in [1.165, 1.54) is 23.2 Å². The number of halogens is 1. The molecule has 0 aromatic carbocycles. The maximum atomic E-state index is 12.7. The minimum atomic E-state index is -0.509. The lowest BCUT2D eigenvalue weighted by Gasteiger charge is -2.35. The molecule has 1 aliphatic heterocycles. The summed E-state index contributed by atoms with van der Waals surface area (Å²) in [6.07, 6.45) is 1.10. The van der Waals surface area contributed by atoms with Gasteiger partial charge in [0.25, 0.3) is 5.56 Å². The van der Waals surface area contributed by atoms with Crippen molar-refractivity contribution < 1.29 is 4.79 Å². The van der Waals surface area contributed by atoms with E-state index in [4.69, 9.17) is 11.6 Å². The van der Waals surface area contributed by atoms with Crippen LogP contribution in [0, 0.1) is 11.8 Å². The summed E-state index contributed by atoms with van der Waals surface area (Å²) in [5.74, 6) is 0.781. The van der Waals surface area contributed by atoms with Crippen molar-refractivity contribution in [2.24, 2.45) is 25.9 Å².